The van der Waals surface area contributed by atoms with Gasteiger partial charge >= 0.3 is 0 Å². The third-order valence-electron chi connectivity index (χ3n) is 5.19. The van der Waals surface area contributed by atoms with Gasteiger partial charge in [-0.05, 0) is 68.1 Å². The molecule has 0 saturated heterocycles. The van der Waals surface area contributed by atoms with Gasteiger partial charge in [-0.25, -0.2) is 0 Å². The van der Waals surface area contributed by atoms with Gasteiger partial charge in [0.2, 0.25) is 5.91 Å². The summed E-state index contributed by atoms with van der Waals surface area (Å²) in [5, 5.41) is 12.2. The number of ether oxygens (including phenoxy) is 1. The summed E-state index contributed by atoms with van der Waals surface area (Å²) >= 11 is 1.34. The van der Waals surface area contributed by atoms with Crippen LogP contribution in [0.2, 0.25) is 0 Å². The minimum absolute atomic E-state index is 0.0895. The first-order valence-electron chi connectivity index (χ1n) is 10.7. The Hall–Kier alpha value is -3.06. The van der Waals surface area contributed by atoms with Crippen LogP contribution in [0.4, 0.5) is 5.69 Å². The van der Waals surface area contributed by atoms with E-state index in [9.17, 15) is 4.79 Å². The Bertz CT molecular complexity index is 1080. The normalized spacial score (nSPS) is 11.8. The molecule has 32 heavy (non-hydrogen) atoms. The van der Waals surface area contributed by atoms with Crippen molar-refractivity contribution in [2.75, 3.05) is 11.1 Å². The van der Waals surface area contributed by atoms with Gasteiger partial charge in [0.05, 0.1) is 5.75 Å². The third kappa shape index (κ3) is 6.01. The van der Waals surface area contributed by atoms with Crippen LogP contribution >= 0.6 is 11.8 Å². The van der Waals surface area contributed by atoms with Crippen LogP contribution < -0.4 is 10.1 Å². The Morgan fingerprint density at radius 2 is 1.94 bits per heavy atom. The lowest BCUT2D eigenvalue weighted by Crippen LogP contribution is -2.15. The average molecular weight is 451 g/mol. The molecule has 1 unspecified atom stereocenters. The lowest BCUT2D eigenvalue weighted by Gasteiger charge is -2.16. The minimum Gasteiger partial charge on any atom is -0.483 e. The first-order valence-corrected chi connectivity index (χ1v) is 11.7. The van der Waals surface area contributed by atoms with E-state index in [0.717, 1.165) is 17.9 Å². The predicted molar refractivity (Wildman–Crippen MR) is 130 cm³/mol. The number of allylic oxidation sites excluding steroid dienone is 1. The van der Waals surface area contributed by atoms with Gasteiger partial charge in [-0.1, -0.05) is 43.0 Å². The second-order valence-electron chi connectivity index (χ2n) is 7.63. The Morgan fingerprint density at radius 1 is 1.19 bits per heavy atom. The summed E-state index contributed by atoms with van der Waals surface area (Å²) in [5.41, 5.74) is 4.42. The van der Waals surface area contributed by atoms with Crippen LogP contribution in [0.1, 0.15) is 42.5 Å². The standard InChI is InChI=1S/C25H30N4O2S/c1-6-14-29-24(19(5)31-22-13-8-17(3)18(4)15-22)27-28-25(29)32-16-23(30)26-21-11-9-20(7-2)10-12-21/h6,8-13,15,19H,1,7,14,16H2,2-5H3,(H,26,30). The molecule has 0 fully saturated rings. The maximum atomic E-state index is 12.4. The summed E-state index contributed by atoms with van der Waals surface area (Å²) in [6.07, 6.45) is 2.45. The molecule has 2 aromatic carbocycles. The van der Waals surface area contributed by atoms with Crippen molar-refractivity contribution >= 4 is 23.4 Å². The number of hydrogen-bond donors (Lipinski definition) is 1. The van der Waals surface area contributed by atoms with E-state index in [4.69, 9.17) is 4.74 Å². The quantitative estimate of drug-likeness (QED) is 0.326. The van der Waals surface area contributed by atoms with Gasteiger partial charge in [0.25, 0.3) is 0 Å². The van der Waals surface area contributed by atoms with Crippen LogP contribution in [0.5, 0.6) is 5.75 Å². The zero-order valence-corrected chi connectivity index (χ0v) is 19.9. The molecular weight excluding hydrogens is 420 g/mol. The SMILES string of the molecule is C=CCn1c(SCC(=O)Nc2ccc(CC)cc2)nnc1C(C)Oc1ccc(C)c(C)c1. The molecule has 0 spiro atoms. The number of aromatic nitrogens is 3. The smallest absolute Gasteiger partial charge is 0.234 e. The van der Waals surface area contributed by atoms with Gasteiger partial charge in [0, 0.05) is 12.2 Å². The largest absolute Gasteiger partial charge is 0.483 e. The van der Waals surface area contributed by atoms with E-state index < -0.39 is 0 Å². The maximum Gasteiger partial charge on any atom is 0.234 e. The second kappa shape index (κ2) is 11.0. The molecule has 1 N–H and O–H groups in total. The van der Waals surface area contributed by atoms with Gasteiger partial charge in [-0.15, -0.1) is 16.8 Å². The van der Waals surface area contributed by atoms with E-state index in [1.807, 2.05) is 54.0 Å². The van der Waals surface area contributed by atoms with Crippen LogP contribution in [-0.2, 0) is 17.8 Å². The molecule has 1 heterocycles. The summed E-state index contributed by atoms with van der Waals surface area (Å²) in [6, 6.07) is 13.9. The van der Waals surface area contributed by atoms with Crippen molar-refractivity contribution in [2.45, 2.75) is 51.9 Å². The zero-order valence-electron chi connectivity index (χ0n) is 19.1. The van der Waals surface area contributed by atoms with Crippen molar-refractivity contribution in [1.29, 1.82) is 0 Å². The molecular formula is C25H30N4O2S. The fraction of sp³-hybridized carbons (Fsp3) is 0.320. The number of carbonyl (C=O) groups is 1. The van der Waals surface area contributed by atoms with Gasteiger partial charge in [-0.2, -0.15) is 0 Å². The minimum atomic E-state index is -0.301. The molecule has 1 aromatic heterocycles. The van der Waals surface area contributed by atoms with Crippen LogP contribution in [-0.4, -0.2) is 26.4 Å². The highest BCUT2D eigenvalue weighted by Gasteiger charge is 2.20. The van der Waals surface area contributed by atoms with Gasteiger partial charge in [0.15, 0.2) is 17.1 Å². The Balaban J connectivity index is 1.65. The average Bonchev–Trinajstić information content (AvgIpc) is 3.18. The van der Waals surface area contributed by atoms with Crippen LogP contribution in [0.3, 0.4) is 0 Å². The van der Waals surface area contributed by atoms with E-state index in [0.29, 0.717) is 17.5 Å². The van der Waals surface area contributed by atoms with Crippen molar-refractivity contribution in [3.8, 4) is 5.75 Å². The lowest BCUT2D eigenvalue weighted by atomic mass is 10.1. The third-order valence-corrected chi connectivity index (χ3v) is 6.16. The Morgan fingerprint density at radius 3 is 2.59 bits per heavy atom. The lowest BCUT2D eigenvalue weighted by molar-refractivity contribution is -0.113. The molecule has 168 valence electrons. The number of aryl methyl sites for hydroxylation is 3. The highest BCUT2D eigenvalue weighted by atomic mass is 32.2. The molecule has 0 aliphatic carbocycles. The monoisotopic (exact) mass is 450 g/mol. The molecule has 0 bridgehead atoms. The van der Waals surface area contributed by atoms with Gasteiger partial charge in [-0.3, -0.25) is 9.36 Å². The topological polar surface area (TPSA) is 69.0 Å². The summed E-state index contributed by atoms with van der Waals surface area (Å²) in [6.45, 7) is 12.6. The molecule has 6 nitrogen and oxygen atoms in total. The first kappa shape index (κ1) is 23.6. The molecule has 3 aromatic rings. The number of anilines is 1. The maximum absolute atomic E-state index is 12.4. The number of benzene rings is 2. The number of rotatable bonds is 10. The van der Waals surface area contributed by atoms with Crippen molar-refractivity contribution in [2.24, 2.45) is 0 Å². The van der Waals surface area contributed by atoms with Crippen molar-refractivity contribution in [3.05, 3.63) is 77.6 Å². The van der Waals surface area contributed by atoms with Crippen LogP contribution in [0.25, 0.3) is 0 Å². The van der Waals surface area contributed by atoms with Crippen LogP contribution in [0, 0.1) is 13.8 Å². The van der Waals surface area contributed by atoms with Gasteiger partial charge in [0.1, 0.15) is 5.75 Å². The highest BCUT2D eigenvalue weighted by Crippen LogP contribution is 2.26. The molecule has 3 rings (SSSR count). The van der Waals surface area contributed by atoms with Crippen molar-refractivity contribution in [3.63, 3.8) is 0 Å². The molecule has 1 atom stereocenters. The van der Waals surface area contributed by atoms with Crippen LogP contribution in [0.15, 0.2) is 60.3 Å². The first-order chi connectivity index (χ1) is 15.4. The molecule has 0 saturated carbocycles. The number of amides is 1. The molecule has 1 amide bonds. The highest BCUT2D eigenvalue weighted by molar-refractivity contribution is 7.99. The van der Waals surface area contributed by atoms with Gasteiger partial charge < -0.3 is 10.1 Å². The number of nitrogens with one attached hydrogen (secondary N) is 1. The zero-order chi connectivity index (χ0) is 23.1. The molecule has 7 heteroatoms. The fourth-order valence-electron chi connectivity index (χ4n) is 3.20. The molecule has 0 radical (unpaired) electrons. The molecule has 0 aliphatic rings. The summed E-state index contributed by atoms with van der Waals surface area (Å²) in [5.74, 6) is 1.63. The van der Waals surface area contributed by atoms with E-state index in [-0.39, 0.29) is 17.8 Å². The molecule has 0 aliphatic heterocycles. The number of hydrogen-bond acceptors (Lipinski definition) is 5. The summed E-state index contributed by atoms with van der Waals surface area (Å²) < 4.78 is 8.05. The fourth-order valence-corrected chi connectivity index (χ4v) is 3.96. The Kier molecular flexibility index (Phi) is 8.11. The summed E-state index contributed by atoms with van der Waals surface area (Å²) in [4.78, 5) is 12.4. The van der Waals surface area contributed by atoms with E-state index >= 15 is 0 Å². The van der Waals surface area contributed by atoms with Crippen molar-refractivity contribution in [1.82, 2.24) is 14.8 Å². The number of nitrogens with zero attached hydrogens (tertiary/aromatic N) is 3. The van der Waals surface area contributed by atoms with E-state index in [2.05, 4.69) is 42.9 Å². The Labute approximate surface area is 194 Å². The summed E-state index contributed by atoms with van der Waals surface area (Å²) in [7, 11) is 0. The number of carbonyl (C=O) groups excluding carboxylic acids is 1. The van der Waals surface area contributed by atoms with E-state index in [1.165, 1.54) is 28.5 Å². The number of thioether (sulfide) groups is 1. The second-order valence-corrected chi connectivity index (χ2v) is 8.58. The van der Waals surface area contributed by atoms with Crippen molar-refractivity contribution < 1.29 is 9.53 Å². The van der Waals surface area contributed by atoms with E-state index in [1.54, 1.807) is 6.08 Å². The predicted octanol–water partition coefficient (Wildman–Crippen LogP) is 5.51.